The highest BCUT2D eigenvalue weighted by Crippen LogP contribution is 2.32. The van der Waals surface area contributed by atoms with Gasteiger partial charge in [-0.25, -0.2) is 0 Å². The summed E-state index contributed by atoms with van der Waals surface area (Å²) in [5, 5.41) is 6.44. The minimum atomic E-state index is -0.337. The molecule has 1 atom stereocenters. The van der Waals surface area contributed by atoms with Gasteiger partial charge in [0.15, 0.2) is 0 Å². The van der Waals surface area contributed by atoms with Crippen molar-refractivity contribution in [3.05, 3.63) is 54.1 Å². The Morgan fingerprint density at radius 1 is 1.12 bits per heavy atom. The molecule has 1 saturated heterocycles. The number of amides is 1. The van der Waals surface area contributed by atoms with Crippen LogP contribution in [0.2, 0.25) is 0 Å². The maximum absolute atomic E-state index is 12.7. The summed E-state index contributed by atoms with van der Waals surface area (Å²) in [7, 11) is 1.68. The van der Waals surface area contributed by atoms with E-state index in [9.17, 15) is 4.79 Å². The van der Waals surface area contributed by atoms with Gasteiger partial charge in [-0.3, -0.25) is 4.79 Å². The zero-order valence-electron chi connectivity index (χ0n) is 15.7. The number of methoxy groups -OCH3 is 1. The van der Waals surface area contributed by atoms with E-state index < -0.39 is 0 Å². The van der Waals surface area contributed by atoms with Gasteiger partial charge in [0.2, 0.25) is 5.91 Å². The zero-order valence-corrected chi connectivity index (χ0v) is 15.7. The Bertz CT molecular complexity index is 717. The standard InChI is InChI=1S/C22H28N2O2/c1-3-24-21(25)22(13-4-14-23-16-22)15-17-5-7-18(8-6-17)19-9-11-20(26-2)12-10-19/h5-12,23H,3-4,13-16H2,1-2H3,(H,24,25)/t22-/m0/s1. The Morgan fingerprint density at radius 2 is 1.77 bits per heavy atom. The summed E-state index contributed by atoms with van der Waals surface area (Å²) < 4.78 is 5.22. The summed E-state index contributed by atoms with van der Waals surface area (Å²) >= 11 is 0. The number of carbonyl (C=O) groups is 1. The predicted molar refractivity (Wildman–Crippen MR) is 105 cm³/mol. The summed E-state index contributed by atoms with van der Waals surface area (Å²) in [4.78, 5) is 12.7. The lowest BCUT2D eigenvalue weighted by Crippen LogP contribution is -2.51. The third-order valence-electron chi connectivity index (χ3n) is 5.21. The molecular formula is C22H28N2O2. The van der Waals surface area contributed by atoms with E-state index in [4.69, 9.17) is 4.74 Å². The van der Waals surface area contributed by atoms with E-state index in [2.05, 4.69) is 47.0 Å². The van der Waals surface area contributed by atoms with Gasteiger partial charge in [-0.15, -0.1) is 0 Å². The number of ether oxygens (including phenoxy) is 1. The molecule has 0 aliphatic carbocycles. The molecule has 0 spiro atoms. The van der Waals surface area contributed by atoms with E-state index >= 15 is 0 Å². The lowest BCUT2D eigenvalue weighted by atomic mass is 9.74. The molecule has 1 amide bonds. The highest BCUT2D eigenvalue weighted by molar-refractivity contribution is 5.83. The van der Waals surface area contributed by atoms with Crippen molar-refractivity contribution in [2.24, 2.45) is 5.41 Å². The molecule has 1 aliphatic rings. The molecule has 1 aliphatic heterocycles. The molecule has 0 aromatic heterocycles. The van der Waals surface area contributed by atoms with Crippen molar-refractivity contribution in [2.45, 2.75) is 26.2 Å². The van der Waals surface area contributed by atoms with E-state index in [1.807, 2.05) is 19.1 Å². The first-order valence-electron chi connectivity index (χ1n) is 9.39. The summed E-state index contributed by atoms with van der Waals surface area (Å²) in [6.07, 6.45) is 2.75. The number of nitrogens with one attached hydrogen (secondary N) is 2. The molecule has 4 heteroatoms. The van der Waals surface area contributed by atoms with Gasteiger partial charge in [-0.1, -0.05) is 36.4 Å². The van der Waals surface area contributed by atoms with Crippen molar-refractivity contribution in [1.82, 2.24) is 10.6 Å². The van der Waals surface area contributed by atoms with Gasteiger partial charge in [0.05, 0.1) is 12.5 Å². The molecule has 1 heterocycles. The topological polar surface area (TPSA) is 50.4 Å². The van der Waals surface area contributed by atoms with E-state index in [0.29, 0.717) is 6.54 Å². The van der Waals surface area contributed by atoms with Crippen LogP contribution in [0.4, 0.5) is 0 Å². The third-order valence-corrected chi connectivity index (χ3v) is 5.21. The maximum atomic E-state index is 12.7. The zero-order chi connectivity index (χ0) is 18.4. The van der Waals surface area contributed by atoms with E-state index in [0.717, 1.165) is 43.7 Å². The van der Waals surface area contributed by atoms with Crippen LogP contribution in [-0.4, -0.2) is 32.7 Å². The molecule has 138 valence electrons. The number of benzene rings is 2. The highest BCUT2D eigenvalue weighted by Gasteiger charge is 2.39. The highest BCUT2D eigenvalue weighted by atomic mass is 16.5. The van der Waals surface area contributed by atoms with Crippen molar-refractivity contribution < 1.29 is 9.53 Å². The van der Waals surface area contributed by atoms with Crippen LogP contribution >= 0.6 is 0 Å². The van der Waals surface area contributed by atoms with Crippen molar-refractivity contribution in [1.29, 1.82) is 0 Å². The van der Waals surface area contributed by atoms with Gasteiger partial charge in [0, 0.05) is 13.1 Å². The number of piperidine rings is 1. The minimum absolute atomic E-state index is 0.173. The predicted octanol–water partition coefficient (Wildman–Crippen LogP) is 3.41. The van der Waals surface area contributed by atoms with Gasteiger partial charge in [-0.2, -0.15) is 0 Å². The third kappa shape index (κ3) is 4.07. The summed E-state index contributed by atoms with van der Waals surface area (Å²) in [6.45, 7) is 4.40. The number of carbonyl (C=O) groups excluding carboxylic acids is 1. The SMILES string of the molecule is CCNC(=O)[C@]1(Cc2ccc(-c3ccc(OC)cc3)cc2)CCCNC1. The lowest BCUT2D eigenvalue weighted by Gasteiger charge is -2.36. The average molecular weight is 352 g/mol. The number of rotatable bonds is 6. The normalized spacial score (nSPS) is 19.8. The molecule has 2 aromatic rings. The van der Waals surface area contributed by atoms with Gasteiger partial charge in [0.1, 0.15) is 5.75 Å². The first-order valence-corrected chi connectivity index (χ1v) is 9.39. The molecule has 0 saturated carbocycles. The Balaban J connectivity index is 1.77. The Labute approximate surface area is 156 Å². The fourth-order valence-corrected chi connectivity index (χ4v) is 3.73. The molecule has 2 aromatic carbocycles. The van der Waals surface area contributed by atoms with E-state index in [1.165, 1.54) is 11.1 Å². The van der Waals surface area contributed by atoms with E-state index in [-0.39, 0.29) is 11.3 Å². The van der Waals surface area contributed by atoms with Crippen LogP contribution in [0.1, 0.15) is 25.3 Å². The fraction of sp³-hybridized carbons (Fsp3) is 0.409. The van der Waals surface area contributed by atoms with Gasteiger partial charge in [0.25, 0.3) is 0 Å². The minimum Gasteiger partial charge on any atom is -0.497 e. The van der Waals surface area contributed by atoms with Crippen LogP contribution in [0.15, 0.2) is 48.5 Å². The second-order valence-corrected chi connectivity index (χ2v) is 7.02. The van der Waals surface area contributed by atoms with E-state index in [1.54, 1.807) is 7.11 Å². The summed E-state index contributed by atoms with van der Waals surface area (Å²) in [5.74, 6) is 1.03. The molecular weight excluding hydrogens is 324 g/mol. The van der Waals surface area contributed by atoms with Gasteiger partial charge >= 0.3 is 0 Å². The van der Waals surface area contributed by atoms with Crippen LogP contribution in [0, 0.1) is 5.41 Å². The van der Waals surface area contributed by atoms with Crippen LogP contribution in [0.25, 0.3) is 11.1 Å². The van der Waals surface area contributed by atoms with Crippen molar-refractivity contribution in [3.8, 4) is 16.9 Å². The van der Waals surface area contributed by atoms with Crippen molar-refractivity contribution in [2.75, 3.05) is 26.7 Å². The summed E-state index contributed by atoms with van der Waals surface area (Å²) in [5.41, 5.74) is 3.20. The first kappa shape index (κ1) is 18.5. The van der Waals surface area contributed by atoms with Crippen LogP contribution in [-0.2, 0) is 11.2 Å². The molecule has 3 rings (SSSR count). The van der Waals surface area contributed by atoms with Crippen LogP contribution in [0.3, 0.4) is 0 Å². The van der Waals surface area contributed by atoms with Gasteiger partial charge in [-0.05, 0) is 61.6 Å². The van der Waals surface area contributed by atoms with Crippen LogP contribution in [0.5, 0.6) is 5.75 Å². The molecule has 2 N–H and O–H groups in total. The average Bonchev–Trinajstić information content (AvgIpc) is 2.69. The van der Waals surface area contributed by atoms with Crippen LogP contribution < -0.4 is 15.4 Å². The molecule has 4 nitrogen and oxygen atoms in total. The molecule has 1 fully saturated rings. The molecule has 0 bridgehead atoms. The Hall–Kier alpha value is -2.33. The first-order chi connectivity index (χ1) is 12.7. The molecule has 0 unspecified atom stereocenters. The fourth-order valence-electron chi connectivity index (χ4n) is 3.73. The Kier molecular flexibility index (Phi) is 5.94. The maximum Gasteiger partial charge on any atom is 0.227 e. The second-order valence-electron chi connectivity index (χ2n) is 7.02. The quantitative estimate of drug-likeness (QED) is 0.838. The van der Waals surface area contributed by atoms with Gasteiger partial charge < -0.3 is 15.4 Å². The Morgan fingerprint density at radius 3 is 2.31 bits per heavy atom. The monoisotopic (exact) mass is 352 g/mol. The molecule has 0 radical (unpaired) electrons. The summed E-state index contributed by atoms with van der Waals surface area (Å²) in [6, 6.07) is 16.6. The second kappa shape index (κ2) is 8.37. The lowest BCUT2D eigenvalue weighted by molar-refractivity contribution is -0.132. The van der Waals surface area contributed by atoms with Crippen molar-refractivity contribution >= 4 is 5.91 Å². The number of hydrogen-bond acceptors (Lipinski definition) is 3. The largest absolute Gasteiger partial charge is 0.497 e. The number of hydrogen-bond donors (Lipinski definition) is 2. The van der Waals surface area contributed by atoms with Crippen molar-refractivity contribution in [3.63, 3.8) is 0 Å². The molecule has 26 heavy (non-hydrogen) atoms. The smallest absolute Gasteiger partial charge is 0.227 e.